The molecule has 0 saturated heterocycles. The monoisotopic (exact) mass is 437 g/mol. The molecule has 1 aliphatic carbocycles. The summed E-state index contributed by atoms with van der Waals surface area (Å²) in [6, 6.07) is 20.3. The minimum Gasteiger partial charge on any atom is -0.337 e. The second-order valence-electron chi connectivity index (χ2n) is 7.11. The number of thiophene rings is 2. The maximum atomic E-state index is 13.2. The Morgan fingerprint density at radius 3 is 2.26 bits per heavy atom. The van der Waals surface area contributed by atoms with E-state index in [1.54, 1.807) is 47.7 Å². The van der Waals surface area contributed by atoms with E-state index in [9.17, 15) is 9.59 Å². The number of rotatable bonds is 2. The number of nitrogens with zero attached hydrogens (tertiary/aromatic N) is 2. The fourth-order valence-electron chi connectivity index (χ4n) is 3.90. The average molecular weight is 438 g/mol. The number of ketones is 2. The fourth-order valence-corrected chi connectivity index (χ4v) is 5.74. The van der Waals surface area contributed by atoms with Gasteiger partial charge in [-0.25, -0.2) is 4.98 Å². The zero-order valence-corrected chi connectivity index (χ0v) is 17.4. The highest BCUT2D eigenvalue weighted by Crippen LogP contribution is 2.38. The van der Waals surface area contributed by atoms with Crippen LogP contribution in [-0.4, -0.2) is 21.5 Å². The number of hydrogen-bond donors (Lipinski definition) is 1. The number of imidazole rings is 1. The van der Waals surface area contributed by atoms with Gasteiger partial charge in [-0.15, -0.1) is 22.7 Å². The Morgan fingerprint density at radius 1 is 0.774 bits per heavy atom. The maximum absolute atomic E-state index is 13.2. The van der Waals surface area contributed by atoms with Gasteiger partial charge in [-0.1, -0.05) is 24.3 Å². The summed E-state index contributed by atoms with van der Waals surface area (Å²) in [6.45, 7) is 0. The predicted molar refractivity (Wildman–Crippen MR) is 121 cm³/mol. The summed E-state index contributed by atoms with van der Waals surface area (Å²) in [7, 11) is 0. The number of H-pyrrole nitrogens is 1. The van der Waals surface area contributed by atoms with Crippen LogP contribution in [0.1, 0.15) is 36.7 Å². The molecule has 3 aromatic heterocycles. The van der Waals surface area contributed by atoms with Gasteiger partial charge in [-0.2, -0.15) is 5.26 Å². The summed E-state index contributed by atoms with van der Waals surface area (Å²) >= 11 is 3.01. The largest absolute Gasteiger partial charge is 0.337 e. The number of carbonyl (C=O) groups is 2. The van der Waals surface area contributed by atoms with Gasteiger partial charge < -0.3 is 4.98 Å². The van der Waals surface area contributed by atoms with Crippen LogP contribution in [0.15, 0.2) is 60.7 Å². The summed E-state index contributed by atoms with van der Waals surface area (Å²) < 4.78 is 0. The third-order valence-corrected chi connectivity index (χ3v) is 7.62. The first-order chi connectivity index (χ1) is 15.1. The van der Waals surface area contributed by atoms with Gasteiger partial charge in [0.15, 0.2) is 11.6 Å². The molecule has 7 heteroatoms. The highest BCUT2D eigenvalue weighted by Gasteiger charge is 2.32. The summed E-state index contributed by atoms with van der Waals surface area (Å²) in [5.41, 5.74) is 2.83. The third-order valence-electron chi connectivity index (χ3n) is 5.34. The van der Waals surface area contributed by atoms with E-state index in [-0.39, 0.29) is 11.6 Å². The Morgan fingerprint density at radius 2 is 1.48 bits per heavy atom. The van der Waals surface area contributed by atoms with E-state index in [2.05, 4.69) is 11.1 Å². The lowest BCUT2D eigenvalue weighted by Crippen LogP contribution is -2.21. The molecule has 2 aromatic carbocycles. The molecule has 1 N–H and O–H groups in total. The van der Waals surface area contributed by atoms with E-state index in [1.165, 1.54) is 11.3 Å². The van der Waals surface area contributed by atoms with E-state index < -0.39 is 0 Å². The first-order valence-electron chi connectivity index (χ1n) is 9.45. The van der Waals surface area contributed by atoms with Crippen molar-refractivity contribution in [1.82, 2.24) is 9.97 Å². The highest BCUT2D eigenvalue weighted by molar-refractivity contribution is 7.24. The van der Waals surface area contributed by atoms with Crippen LogP contribution in [0.2, 0.25) is 0 Å². The van der Waals surface area contributed by atoms with Crippen LogP contribution >= 0.6 is 22.7 Å². The number of nitrogens with one attached hydrogen (secondary N) is 1. The van der Waals surface area contributed by atoms with Crippen LogP contribution in [0.3, 0.4) is 0 Å². The van der Waals surface area contributed by atoms with Gasteiger partial charge in [0.25, 0.3) is 0 Å². The summed E-state index contributed by atoms with van der Waals surface area (Å²) in [5, 5.41) is 9.06. The number of nitriles is 1. The zero-order valence-electron chi connectivity index (χ0n) is 15.8. The highest BCUT2D eigenvalue weighted by atomic mass is 32.1. The summed E-state index contributed by atoms with van der Waals surface area (Å²) in [4.78, 5) is 37.8. The van der Waals surface area contributed by atoms with Gasteiger partial charge >= 0.3 is 0 Å². The molecule has 5 nitrogen and oxygen atoms in total. The lowest BCUT2D eigenvalue weighted by atomic mass is 9.83. The topological polar surface area (TPSA) is 86.6 Å². The molecule has 31 heavy (non-hydrogen) atoms. The number of hydrogen-bond acceptors (Lipinski definition) is 6. The molecule has 5 aromatic rings. The van der Waals surface area contributed by atoms with Gasteiger partial charge in [0.05, 0.1) is 16.0 Å². The predicted octanol–water partition coefficient (Wildman–Crippen LogP) is 5.67. The van der Waals surface area contributed by atoms with E-state index in [1.807, 2.05) is 24.3 Å². The molecule has 0 aliphatic heterocycles. The Balaban J connectivity index is 1.47. The van der Waals surface area contributed by atoms with Crippen molar-refractivity contribution in [2.45, 2.75) is 0 Å². The van der Waals surface area contributed by atoms with Gasteiger partial charge in [-0.3, -0.25) is 9.59 Å². The van der Waals surface area contributed by atoms with Gasteiger partial charge in [-0.05, 0) is 36.4 Å². The van der Waals surface area contributed by atoms with Gasteiger partial charge in [0.1, 0.15) is 22.3 Å². The molecular weight excluding hydrogens is 426 g/mol. The summed E-state index contributed by atoms with van der Waals surface area (Å²) in [6.07, 6.45) is 0. The van der Waals surface area contributed by atoms with Crippen LogP contribution in [0.5, 0.6) is 0 Å². The van der Waals surface area contributed by atoms with Crippen molar-refractivity contribution in [3.8, 4) is 26.5 Å². The first-order valence-corrected chi connectivity index (χ1v) is 11.1. The Kier molecular flexibility index (Phi) is 3.81. The molecular formula is C24H11N3O2S2. The van der Waals surface area contributed by atoms with Crippen molar-refractivity contribution in [2.75, 3.05) is 0 Å². The molecule has 0 unspecified atom stereocenters. The number of fused-ring (bicyclic) bond motifs is 4. The lowest BCUT2D eigenvalue weighted by Gasteiger charge is -2.17. The molecule has 0 fully saturated rings. The second kappa shape index (κ2) is 6.57. The van der Waals surface area contributed by atoms with Gasteiger partial charge in [0.2, 0.25) is 0 Å². The van der Waals surface area contributed by atoms with E-state index in [0.717, 1.165) is 14.6 Å². The number of aromatic amines is 1. The molecule has 3 heterocycles. The second-order valence-corrected chi connectivity index (χ2v) is 9.28. The molecule has 1 aliphatic rings. The molecule has 146 valence electrons. The minimum absolute atomic E-state index is 0.152. The number of benzene rings is 2. The van der Waals surface area contributed by atoms with Crippen molar-refractivity contribution in [2.24, 2.45) is 0 Å². The molecule has 0 radical (unpaired) electrons. The Hall–Kier alpha value is -3.86. The fraction of sp³-hybridized carbons (Fsp3) is 0. The van der Waals surface area contributed by atoms with Crippen molar-refractivity contribution < 1.29 is 9.59 Å². The van der Waals surface area contributed by atoms with Crippen LogP contribution in [0.25, 0.3) is 31.5 Å². The molecule has 0 atom stereocenters. The third kappa shape index (κ3) is 2.63. The normalized spacial score (nSPS) is 12.6. The van der Waals surface area contributed by atoms with Crippen molar-refractivity contribution >= 4 is 45.3 Å². The molecule has 0 saturated carbocycles. The first kappa shape index (κ1) is 18.0. The Bertz CT molecular complexity index is 1600. The van der Waals surface area contributed by atoms with E-state index >= 15 is 0 Å². The summed E-state index contributed by atoms with van der Waals surface area (Å²) in [5.74, 6) is 0.320. The zero-order chi connectivity index (χ0) is 21.1. The molecule has 0 bridgehead atoms. The van der Waals surface area contributed by atoms with E-state index in [4.69, 9.17) is 10.2 Å². The standard InChI is InChI=1S/C24H11N3O2S2/c25-11-12-5-8-17(30-12)18-9-10-19(31-18)24-26-16-7-6-15-20(21(16)27-24)23(29)14-4-2-1-3-13(14)22(15)28/h1-10H,(H,26,27). The van der Waals surface area contributed by atoms with Crippen LogP contribution < -0.4 is 0 Å². The van der Waals surface area contributed by atoms with Crippen LogP contribution in [-0.2, 0) is 0 Å². The molecule has 0 spiro atoms. The van der Waals surface area contributed by atoms with Crippen molar-refractivity contribution in [1.29, 1.82) is 5.26 Å². The van der Waals surface area contributed by atoms with Crippen LogP contribution in [0, 0.1) is 11.3 Å². The number of aromatic nitrogens is 2. The smallest absolute Gasteiger partial charge is 0.196 e. The lowest BCUT2D eigenvalue weighted by molar-refractivity contribution is 0.0980. The van der Waals surface area contributed by atoms with Crippen molar-refractivity contribution in [3.05, 3.63) is 87.8 Å². The Labute approximate surface area is 184 Å². The molecule has 6 rings (SSSR count). The molecule has 0 amide bonds. The minimum atomic E-state index is -0.177. The van der Waals surface area contributed by atoms with E-state index in [0.29, 0.717) is 44.0 Å². The number of carbonyl (C=O) groups excluding carboxylic acids is 2. The maximum Gasteiger partial charge on any atom is 0.196 e. The average Bonchev–Trinajstić information content (AvgIpc) is 3.55. The quantitative estimate of drug-likeness (QED) is 0.378. The van der Waals surface area contributed by atoms with Crippen molar-refractivity contribution in [3.63, 3.8) is 0 Å². The van der Waals surface area contributed by atoms with Gasteiger partial charge in [0, 0.05) is 26.4 Å². The SMILES string of the molecule is N#Cc1ccc(-c2ccc(-c3nc4c5c(ccc4[nH]3)C(=O)c3ccccc3C5=O)s2)s1. The van der Waals surface area contributed by atoms with Crippen LogP contribution in [0.4, 0.5) is 0 Å².